The number of rotatable bonds is 7. The molecule has 9 heteroatoms. The van der Waals surface area contributed by atoms with Crippen LogP contribution in [0.4, 0.5) is 26.3 Å². The average Bonchev–Trinajstić information content (AvgIpc) is 2.39. The van der Waals surface area contributed by atoms with Gasteiger partial charge in [0.15, 0.2) is 0 Å². The van der Waals surface area contributed by atoms with Gasteiger partial charge in [0.25, 0.3) is 0 Å². The molecule has 1 atom stereocenters. The van der Waals surface area contributed by atoms with E-state index in [1.807, 2.05) is 0 Å². The lowest BCUT2D eigenvalue weighted by Gasteiger charge is -2.24. The Balaban J connectivity index is 2.74. The van der Waals surface area contributed by atoms with E-state index in [4.69, 9.17) is 0 Å². The molecule has 0 aliphatic rings. The monoisotopic (exact) mass is 332 g/mol. The summed E-state index contributed by atoms with van der Waals surface area (Å²) >= 11 is 0. The van der Waals surface area contributed by atoms with E-state index in [2.05, 4.69) is 0 Å². The highest BCUT2D eigenvalue weighted by Gasteiger charge is 2.67. The second-order valence-electron chi connectivity index (χ2n) is 4.14. The zero-order valence-corrected chi connectivity index (χ0v) is 11.2. The molecule has 0 bridgehead atoms. The van der Waals surface area contributed by atoms with Crippen LogP contribution >= 0.6 is 0 Å². The van der Waals surface area contributed by atoms with E-state index in [9.17, 15) is 35.3 Å². The quantitative estimate of drug-likeness (QED) is 0.719. The standard InChI is InChI=1S/C12H10F6O2S/c13-10(14)12(17,18)11(15,16)9(19)7-21(20)6-8-4-2-1-3-5-8/h1-5,10H,6-7H2. The van der Waals surface area contributed by atoms with Gasteiger partial charge in [-0.2, -0.15) is 17.6 Å². The van der Waals surface area contributed by atoms with Crippen LogP contribution in [0.2, 0.25) is 0 Å². The van der Waals surface area contributed by atoms with Crippen molar-refractivity contribution >= 4 is 16.6 Å². The Morgan fingerprint density at radius 3 is 2.10 bits per heavy atom. The molecule has 2 nitrogen and oxygen atoms in total. The lowest BCUT2D eigenvalue weighted by molar-refractivity contribution is -0.252. The molecular weight excluding hydrogens is 322 g/mol. The summed E-state index contributed by atoms with van der Waals surface area (Å²) in [5.74, 6) is -15.6. The smallest absolute Gasteiger partial charge is 0.292 e. The Hall–Kier alpha value is -1.38. The molecular formula is C12H10F6O2S. The van der Waals surface area contributed by atoms with Crippen molar-refractivity contribution in [1.82, 2.24) is 0 Å². The van der Waals surface area contributed by atoms with Gasteiger partial charge in [-0.1, -0.05) is 30.3 Å². The third-order valence-electron chi connectivity index (χ3n) is 2.51. The lowest BCUT2D eigenvalue weighted by Crippen LogP contribution is -2.53. The summed E-state index contributed by atoms with van der Waals surface area (Å²) in [6.07, 6.45) is -4.70. The molecule has 0 radical (unpaired) electrons. The largest absolute Gasteiger partial charge is 0.376 e. The number of halogens is 6. The Morgan fingerprint density at radius 1 is 1.10 bits per heavy atom. The predicted molar refractivity (Wildman–Crippen MR) is 64.1 cm³/mol. The van der Waals surface area contributed by atoms with Crippen molar-refractivity contribution in [2.75, 3.05) is 5.75 Å². The van der Waals surface area contributed by atoms with Gasteiger partial charge in [-0.05, 0) is 5.56 Å². The fourth-order valence-corrected chi connectivity index (χ4v) is 2.51. The molecule has 1 rings (SSSR count). The molecule has 0 saturated heterocycles. The molecule has 0 fully saturated rings. The van der Waals surface area contributed by atoms with Crippen molar-refractivity contribution in [3.8, 4) is 0 Å². The molecule has 0 heterocycles. The minimum atomic E-state index is -5.79. The summed E-state index contributed by atoms with van der Waals surface area (Å²) in [5, 5.41) is 0. The van der Waals surface area contributed by atoms with Crippen LogP contribution in [0.1, 0.15) is 5.56 Å². The van der Waals surface area contributed by atoms with Gasteiger partial charge in [-0.25, -0.2) is 8.78 Å². The normalized spacial score (nSPS) is 14.2. The molecule has 0 aliphatic heterocycles. The van der Waals surface area contributed by atoms with Crippen LogP contribution in [-0.2, 0) is 21.3 Å². The number of carbonyl (C=O) groups excluding carboxylic acids is 1. The number of Topliss-reactive ketones (excluding diaryl/α,β-unsaturated/α-hetero) is 1. The first kappa shape index (κ1) is 17.7. The van der Waals surface area contributed by atoms with Crippen LogP contribution in [0, 0.1) is 0 Å². The predicted octanol–water partition coefficient (Wildman–Crippen LogP) is 3.04. The number of benzene rings is 1. The fraction of sp³-hybridized carbons (Fsp3) is 0.417. The zero-order chi connectivity index (χ0) is 16.3. The van der Waals surface area contributed by atoms with Gasteiger partial charge in [-0.15, -0.1) is 0 Å². The molecule has 118 valence electrons. The van der Waals surface area contributed by atoms with Crippen molar-refractivity contribution in [1.29, 1.82) is 0 Å². The van der Waals surface area contributed by atoms with Gasteiger partial charge < -0.3 is 0 Å². The van der Waals surface area contributed by atoms with E-state index in [1.54, 1.807) is 18.2 Å². The summed E-state index contributed by atoms with van der Waals surface area (Å²) in [5.41, 5.74) is 0.438. The molecule has 0 N–H and O–H groups in total. The van der Waals surface area contributed by atoms with Crippen molar-refractivity contribution in [3.05, 3.63) is 35.9 Å². The number of hydrogen-bond acceptors (Lipinski definition) is 2. The first-order valence-electron chi connectivity index (χ1n) is 5.55. The van der Waals surface area contributed by atoms with Gasteiger partial charge in [-0.3, -0.25) is 9.00 Å². The topological polar surface area (TPSA) is 34.1 Å². The number of ketones is 1. The summed E-state index contributed by atoms with van der Waals surface area (Å²) < 4.78 is 86.6. The van der Waals surface area contributed by atoms with Crippen LogP contribution < -0.4 is 0 Å². The van der Waals surface area contributed by atoms with Crippen LogP contribution in [0.25, 0.3) is 0 Å². The van der Waals surface area contributed by atoms with E-state index in [0.717, 1.165) is 0 Å². The van der Waals surface area contributed by atoms with Crippen LogP contribution in [0.15, 0.2) is 30.3 Å². The first-order valence-corrected chi connectivity index (χ1v) is 7.04. The van der Waals surface area contributed by atoms with Gasteiger partial charge in [0.2, 0.25) is 5.78 Å². The van der Waals surface area contributed by atoms with Crippen LogP contribution in [0.3, 0.4) is 0 Å². The summed E-state index contributed by atoms with van der Waals surface area (Å²) in [6, 6.07) is 7.75. The Bertz CT molecular complexity index is 518. The molecule has 0 amide bonds. The minimum absolute atomic E-state index is 0.317. The molecule has 21 heavy (non-hydrogen) atoms. The van der Waals surface area contributed by atoms with Gasteiger partial charge in [0, 0.05) is 16.6 Å². The van der Waals surface area contributed by atoms with Crippen molar-refractivity contribution < 1.29 is 35.3 Å². The minimum Gasteiger partial charge on any atom is -0.292 e. The zero-order valence-electron chi connectivity index (χ0n) is 10.4. The maximum Gasteiger partial charge on any atom is 0.376 e. The molecule has 1 unspecified atom stereocenters. The molecule has 0 aliphatic carbocycles. The Kier molecular flexibility index (Phi) is 5.54. The summed E-state index contributed by atoms with van der Waals surface area (Å²) in [6.45, 7) is 0. The van der Waals surface area contributed by atoms with Crippen LogP contribution in [-0.4, -0.2) is 34.0 Å². The van der Waals surface area contributed by atoms with Gasteiger partial charge >= 0.3 is 18.3 Å². The first-order chi connectivity index (χ1) is 9.59. The Morgan fingerprint density at radius 2 is 1.62 bits per heavy atom. The van der Waals surface area contributed by atoms with Crippen molar-refractivity contribution in [3.63, 3.8) is 0 Å². The molecule has 1 aromatic rings. The number of alkyl halides is 6. The van der Waals surface area contributed by atoms with E-state index in [-0.39, 0.29) is 5.75 Å². The maximum atomic E-state index is 13.0. The highest BCUT2D eigenvalue weighted by Crippen LogP contribution is 2.39. The Labute approximate surface area is 118 Å². The van der Waals surface area contributed by atoms with E-state index >= 15 is 0 Å². The van der Waals surface area contributed by atoms with Gasteiger partial charge in [0.1, 0.15) is 0 Å². The molecule has 1 aromatic carbocycles. The fourth-order valence-electron chi connectivity index (χ4n) is 1.37. The van der Waals surface area contributed by atoms with Gasteiger partial charge in [0.05, 0.1) is 5.75 Å². The van der Waals surface area contributed by atoms with E-state index in [1.165, 1.54) is 12.1 Å². The van der Waals surface area contributed by atoms with E-state index < -0.39 is 40.6 Å². The summed E-state index contributed by atoms with van der Waals surface area (Å²) in [7, 11) is -2.20. The second-order valence-corrected chi connectivity index (χ2v) is 5.59. The summed E-state index contributed by atoms with van der Waals surface area (Å²) in [4.78, 5) is 11.1. The highest BCUT2D eigenvalue weighted by atomic mass is 32.2. The van der Waals surface area contributed by atoms with Crippen molar-refractivity contribution in [2.24, 2.45) is 0 Å². The third kappa shape index (κ3) is 4.05. The second kappa shape index (κ2) is 6.59. The highest BCUT2D eigenvalue weighted by molar-refractivity contribution is 7.84. The number of hydrogen-bond donors (Lipinski definition) is 0. The van der Waals surface area contributed by atoms with Crippen molar-refractivity contribution in [2.45, 2.75) is 24.0 Å². The average molecular weight is 332 g/mol. The lowest BCUT2D eigenvalue weighted by atomic mass is 10.1. The SMILES string of the molecule is O=C(CS(=O)Cc1ccccc1)C(F)(F)C(F)(F)C(F)F. The molecule has 0 saturated carbocycles. The maximum absolute atomic E-state index is 13.0. The molecule has 0 spiro atoms. The number of carbonyl (C=O) groups is 1. The third-order valence-corrected chi connectivity index (χ3v) is 3.74. The molecule has 0 aromatic heterocycles. The van der Waals surface area contributed by atoms with Crippen LogP contribution in [0.5, 0.6) is 0 Å². The van der Waals surface area contributed by atoms with E-state index in [0.29, 0.717) is 5.56 Å².